The molecule has 0 radical (unpaired) electrons. The minimum absolute atomic E-state index is 0.0815. The van der Waals surface area contributed by atoms with Crippen molar-refractivity contribution in [2.24, 2.45) is 0 Å². The fraction of sp³-hybridized carbons (Fsp3) is 0.556. The maximum absolute atomic E-state index is 13.4. The highest BCUT2D eigenvalue weighted by Crippen LogP contribution is 2.20. The van der Waals surface area contributed by atoms with Crippen molar-refractivity contribution in [1.29, 1.82) is 0 Å². The lowest BCUT2D eigenvalue weighted by molar-refractivity contribution is -0.131. The van der Waals surface area contributed by atoms with Crippen molar-refractivity contribution in [3.8, 4) is 0 Å². The van der Waals surface area contributed by atoms with Crippen LogP contribution in [0.15, 0.2) is 22.7 Å². The zero-order valence-electron chi connectivity index (χ0n) is 14.8. The van der Waals surface area contributed by atoms with Crippen LogP contribution in [-0.2, 0) is 16.0 Å². The fourth-order valence-corrected chi connectivity index (χ4v) is 3.14. The number of rotatable bonds is 3. The van der Waals surface area contributed by atoms with Gasteiger partial charge in [-0.25, -0.2) is 9.18 Å². The highest BCUT2D eigenvalue weighted by atomic mass is 79.9. The number of hydrogen-bond donors (Lipinski definition) is 1. The first kappa shape index (κ1) is 19.7. The average molecular weight is 415 g/mol. The molecule has 1 saturated heterocycles. The molecule has 1 N–H and O–H groups in total. The van der Waals surface area contributed by atoms with Gasteiger partial charge in [0.15, 0.2) is 0 Å². The van der Waals surface area contributed by atoms with Gasteiger partial charge >= 0.3 is 6.09 Å². The lowest BCUT2D eigenvalue weighted by Gasteiger charge is -2.33. The monoisotopic (exact) mass is 414 g/mol. The standard InChI is InChI=1S/C18H24BrFN2O3/c1-18(2,3)25-17(24)21-14-5-4-8-22(11-14)16(23)10-12-9-13(20)6-7-15(12)19/h6-7,9,14H,4-5,8,10-11H2,1-3H3,(H,21,24)/t14-/m0/s1. The van der Waals surface area contributed by atoms with E-state index < -0.39 is 11.7 Å². The van der Waals surface area contributed by atoms with Gasteiger partial charge in [-0.3, -0.25) is 4.79 Å². The second-order valence-corrected chi connectivity index (χ2v) is 8.09. The summed E-state index contributed by atoms with van der Waals surface area (Å²) in [7, 11) is 0. The summed E-state index contributed by atoms with van der Waals surface area (Å²) in [5.74, 6) is -0.448. The van der Waals surface area contributed by atoms with Gasteiger partial charge in [-0.2, -0.15) is 0 Å². The lowest BCUT2D eigenvalue weighted by Crippen LogP contribution is -2.50. The van der Waals surface area contributed by atoms with Gasteiger partial charge in [-0.05, 0) is 57.4 Å². The highest BCUT2D eigenvalue weighted by Gasteiger charge is 2.26. The number of benzene rings is 1. The van der Waals surface area contributed by atoms with Crippen molar-refractivity contribution in [2.75, 3.05) is 13.1 Å². The van der Waals surface area contributed by atoms with Crippen molar-refractivity contribution in [3.63, 3.8) is 0 Å². The molecule has 5 nitrogen and oxygen atoms in total. The Bertz CT molecular complexity index is 646. The van der Waals surface area contributed by atoms with Gasteiger partial charge in [0.25, 0.3) is 0 Å². The summed E-state index contributed by atoms with van der Waals surface area (Å²) in [6, 6.07) is 4.17. The van der Waals surface area contributed by atoms with Crippen LogP contribution in [0.4, 0.5) is 9.18 Å². The van der Waals surface area contributed by atoms with Crippen LogP contribution in [0.5, 0.6) is 0 Å². The van der Waals surface area contributed by atoms with Gasteiger partial charge in [0, 0.05) is 23.6 Å². The van der Waals surface area contributed by atoms with E-state index in [1.54, 1.807) is 31.7 Å². The Hall–Kier alpha value is -1.63. The van der Waals surface area contributed by atoms with Gasteiger partial charge in [0.05, 0.1) is 6.42 Å². The first-order chi connectivity index (χ1) is 11.6. The Labute approximate surface area is 156 Å². The molecule has 0 aromatic heterocycles. The molecule has 1 aromatic carbocycles. The SMILES string of the molecule is CC(C)(C)OC(=O)N[C@H]1CCCN(C(=O)Cc2cc(F)ccc2Br)C1. The summed E-state index contributed by atoms with van der Waals surface area (Å²) in [5.41, 5.74) is 0.0602. The first-order valence-corrected chi connectivity index (χ1v) is 9.14. The minimum Gasteiger partial charge on any atom is -0.444 e. The van der Waals surface area contributed by atoms with Crippen LogP contribution in [0.1, 0.15) is 39.2 Å². The summed E-state index contributed by atoms with van der Waals surface area (Å²) < 4.78 is 19.3. The molecule has 2 rings (SSSR count). The molecule has 2 amide bonds. The Morgan fingerprint density at radius 3 is 2.80 bits per heavy atom. The number of halogens is 2. The molecular weight excluding hydrogens is 391 g/mol. The number of ether oxygens (including phenoxy) is 1. The number of carbonyl (C=O) groups is 2. The van der Waals surface area contributed by atoms with E-state index in [1.165, 1.54) is 12.1 Å². The minimum atomic E-state index is -0.558. The number of likely N-dealkylation sites (tertiary alicyclic amines) is 1. The van der Waals surface area contributed by atoms with E-state index in [4.69, 9.17) is 4.74 Å². The van der Waals surface area contributed by atoms with Gasteiger partial charge in [-0.1, -0.05) is 15.9 Å². The summed E-state index contributed by atoms with van der Waals surface area (Å²) in [6.07, 6.45) is 1.25. The molecule has 0 unspecified atom stereocenters. The van der Waals surface area contributed by atoms with Gasteiger partial charge in [0.1, 0.15) is 11.4 Å². The van der Waals surface area contributed by atoms with E-state index in [-0.39, 0.29) is 24.2 Å². The summed E-state index contributed by atoms with van der Waals surface area (Å²) >= 11 is 3.34. The molecule has 1 atom stereocenters. The number of alkyl carbamates (subject to hydrolysis) is 1. The molecule has 0 bridgehead atoms. The zero-order valence-corrected chi connectivity index (χ0v) is 16.4. The van der Waals surface area contributed by atoms with Crippen LogP contribution in [0, 0.1) is 5.82 Å². The van der Waals surface area contributed by atoms with Crippen LogP contribution >= 0.6 is 15.9 Å². The lowest BCUT2D eigenvalue weighted by atomic mass is 10.0. The van der Waals surface area contributed by atoms with Crippen molar-refractivity contribution >= 4 is 27.9 Å². The highest BCUT2D eigenvalue weighted by molar-refractivity contribution is 9.10. The Balaban J connectivity index is 1.92. The van der Waals surface area contributed by atoms with Crippen molar-refractivity contribution in [1.82, 2.24) is 10.2 Å². The number of hydrogen-bond acceptors (Lipinski definition) is 3. The molecule has 7 heteroatoms. The summed E-state index contributed by atoms with van der Waals surface area (Å²) in [4.78, 5) is 26.1. The molecule has 1 fully saturated rings. The van der Waals surface area contributed by atoms with E-state index in [2.05, 4.69) is 21.2 Å². The molecule has 1 aliphatic rings. The Morgan fingerprint density at radius 1 is 1.40 bits per heavy atom. The maximum atomic E-state index is 13.4. The van der Waals surface area contributed by atoms with Crippen LogP contribution in [-0.4, -0.2) is 41.6 Å². The van der Waals surface area contributed by atoms with Crippen LogP contribution in [0.25, 0.3) is 0 Å². The summed E-state index contributed by atoms with van der Waals surface area (Å²) in [5, 5.41) is 2.82. The third-order valence-corrected chi connectivity index (χ3v) is 4.62. The zero-order chi connectivity index (χ0) is 18.6. The maximum Gasteiger partial charge on any atom is 0.407 e. The molecular formula is C18H24BrFN2O3. The van der Waals surface area contributed by atoms with Gasteiger partial charge in [-0.15, -0.1) is 0 Å². The van der Waals surface area contributed by atoms with Crippen molar-refractivity contribution in [3.05, 3.63) is 34.1 Å². The first-order valence-electron chi connectivity index (χ1n) is 8.35. The predicted octanol–water partition coefficient (Wildman–Crippen LogP) is 3.65. The number of carbonyl (C=O) groups excluding carboxylic acids is 2. The Kier molecular flexibility index (Phi) is 6.43. The molecule has 0 spiro atoms. The molecule has 0 saturated carbocycles. The number of piperidine rings is 1. The second-order valence-electron chi connectivity index (χ2n) is 7.24. The largest absolute Gasteiger partial charge is 0.444 e. The molecule has 138 valence electrons. The van der Waals surface area contributed by atoms with Gasteiger partial charge < -0.3 is 15.0 Å². The predicted molar refractivity (Wildman–Crippen MR) is 96.8 cm³/mol. The quantitative estimate of drug-likeness (QED) is 0.820. The molecule has 1 heterocycles. The second kappa shape index (κ2) is 8.17. The number of amides is 2. The third-order valence-electron chi connectivity index (χ3n) is 3.84. The van der Waals surface area contributed by atoms with Crippen molar-refractivity contribution in [2.45, 2.75) is 51.7 Å². The molecule has 1 aliphatic heterocycles. The number of nitrogens with one attached hydrogen (secondary N) is 1. The van der Waals surface area contributed by atoms with E-state index in [0.717, 1.165) is 12.8 Å². The number of nitrogens with zero attached hydrogens (tertiary/aromatic N) is 1. The average Bonchev–Trinajstić information content (AvgIpc) is 2.49. The third kappa shape index (κ3) is 6.30. The van der Waals surface area contributed by atoms with Crippen LogP contribution in [0.2, 0.25) is 0 Å². The molecule has 1 aromatic rings. The van der Waals surface area contributed by atoms with Crippen molar-refractivity contribution < 1.29 is 18.7 Å². The topological polar surface area (TPSA) is 58.6 Å². The van der Waals surface area contributed by atoms with Gasteiger partial charge in [0.2, 0.25) is 5.91 Å². The Morgan fingerprint density at radius 2 is 2.12 bits per heavy atom. The van der Waals surface area contributed by atoms with Crippen LogP contribution in [0.3, 0.4) is 0 Å². The normalized spacial score (nSPS) is 18.0. The van der Waals surface area contributed by atoms with Crippen LogP contribution < -0.4 is 5.32 Å². The molecule has 0 aliphatic carbocycles. The van der Waals surface area contributed by atoms with E-state index in [0.29, 0.717) is 23.1 Å². The smallest absolute Gasteiger partial charge is 0.407 e. The summed E-state index contributed by atoms with van der Waals surface area (Å²) in [6.45, 7) is 6.49. The van der Waals surface area contributed by atoms with E-state index in [9.17, 15) is 14.0 Å². The fourth-order valence-electron chi connectivity index (χ4n) is 2.75. The molecule has 25 heavy (non-hydrogen) atoms. The van der Waals surface area contributed by atoms with E-state index >= 15 is 0 Å². The van der Waals surface area contributed by atoms with E-state index in [1.807, 2.05) is 0 Å².